The first-order valence-corrected chi connectivity index (χ1v) is 13.0. The third kappa shape index (κ3) is 5.46. The number of methoxy groups -OCH3 is 3. The molecule has 0 saturated heterocycles. The number of esters is 1. The first-order chi connectivity index (χ1) is 18.9. The molecular formula is C29H30N2O7S. The maximum Gasteiger partial charge on any atom is 0.338 e. The number of thiazole rings is 1. The highest BCUT2D eigenvalue weighted by Gasteiger charge is 2.34. The Kier molecular flexibility index (Phi) is 8.55. The molecule has 0 radical (unpaired) electrons. The van der Waals surface area contributed by atoms with Crippen LogP contribution in [0.1, 0.15) is 31.0 Å². The van der Waals surface area contributed by atoms with Gasteiger partial charge in [-0.3, -0.25) is 9.36 Å². The third-order valence-corrected chi connectivity index (χ3v) is 7.07. The summed E-state index contributed by atoms with van der Waals surface area (Å²) >= 11 is 1.24. The monoisotopic (exact) mass is 550 g/mol. The van der Waals surface area contributed by atoms with Crippen LogP contribution in [0.15, 0.2) is 70.1 Å². The summed E-state index contributed by atoms with van der Waals surface area (Å²) in [5.41, 5.74) is 1.87. The van der Waals surface area contributed by atoms with Crippen molar-refractivity contribution in [2.75, 3.05) is 34.5 Å². The summed E-state index contributed by atoms with van der Waals surface area (Å²) in [7, 11) is 4.63. The number of ether oxygens (including phenoxy) is 5. The summed E-state index contributed by atoms with van der Waals surface area (Å²) in [6.45, 7) is 7.66. The van der Waals surface area contributed by atoms with Crippen LogP contribution in [0.5, 0.6) is 23.0 Å². The van der Waals surface area contributed by atoms with E-state index in [1.54, 1.807) is 70.6 Å². The second kappa shape index (κ2) is 12.0. The Bertz CT molecular complexity index is 1620. The van der Waals surface area contributed by atoms with Crippen molar-refractivity contribution in [2.45, 2.75) is 19.9 Å². The number of aromatic nitrogens is 1. The molecule has 1 aliphatic rings. The molecule has 0 spiro atoms. The SMILES string of the molecule is C=CCOc1ccc(C=c2sc3n(c2=O)C(c2ccc(OC)c(OC)c2)C(C(=O)OCC)=C(C)N=3)cc1OC. The molecule has 39 heavy (non-hydrogen) atoms. The van der Waals surface area contributed by atoms with Gasteiger partial charge < -0.3 is 23.7 Å². The van der Waals surface area contributed by atoms with Crippen LogP contribution in [-0.2, 0) is 9.53 Å². The zero-order chi connectivity index (χ0) is 28.1. The van der Waals surface area contributed by atoms with Gasteiger partial charge in [0.1, 0.15) is 6.61 Å². The van der Waals surface area contributed by atoms with Crippen molar-refractivity contribution in [3.8, 4) is 23.0 Å². The van der Waals surface area contributed by atoms with Crippen LogP contribution >= 0.6 is 11.3 Å². The van der Waals surface area contributed by atoms with E-state index in [1.807, 2.05) is 6.07 Å². The quantitative estimate of drug-likeness (QED) is 0.282. The van der Waals surface area contributed by atoms with Crippen molar-refractivity contribution in [2.24, 2.45) is 4.99 Å². The molecule has 1 aromatic heterocycles. The van der Waals surface area contributed by atoms with Gasteiger partial charge in [0.05, 0.1) is 49.8 Å². The fourth-order valence-electron chi connectivity index (χ4n) is 4.32. The zero-order valence-corrected chi connectivity index (χ0v) is 23.3. The Labute approximate surface area is 229 Å². The lowest BCUT2D eigenvalue weighted by Crippen LogP contribution is -2.39. The average Bonchev–Trinajstić information content (AvgIpc) is 3.24. The van der Waals surface area contributed by atoms with Gasteiger partial charge >= 0.3 is 5.97 Å². The summed E-state index contributed by atoms with van der Waals surface area (Å²) in [6.07, 6.45) is 3.41. The van der Waals surface area contributed by atoms with Gasteiger partial charge in [-0.05, 0) is 55.3 Å². The van der Waals surface area contributed by atoms with Crippen LogP contribution in [0.4, 0.5) is 0 Å². The minimum atomic E-state index is -0.772. The van der Waals surface area contributed by atoms with Crippen molar-refractivity contribution in [1.82, 2.24) is 4.57 Å². The van der Waals surface area contributed by atoms with Gasteiger partial charge in [0.25, 0.3) is 5.56 Å². The van der Waals surface area contributed by atoms with Crippen LogP contribution in [0.3, 0.4) is 0 Å². The minimum absolute atomic E-state index is 0.188. The maximum atomic E-state index is 13.9. The summed E-state index contributed by atoms with van der Waals surface area (Å²) in [5, 5.41) is 0. The number of fused-ring (bicyclic) bond motifs is 1. The number of rotatable bonds is 10. The first kappa shape index (κ1) is 27.7. The van der Waals surface area contributed by atoms with Crippen LogP contribution in [0, 0.1) is 0 Å². The smallest absolute Gasteiger partial charge is 0.338 e. The van der Waals surface area contributed by atoms with Crippen LogP contribution < -0.4 is 33.8 Å². The summed E-state index contributed by atoms with van der Waals surface area (Å²) in [5.74, 6) is 1.57. The van der Waals surface area contributed by atoms with E-state index in [0.717, 1.165) is 5.56 Å². The van der Waals surface area contributed by atoms with Crippen molar-refractivity contribution in [3.05, 3.63) is 91.1 Å². The summed E-state index contributed by atoms with van der Waals surface area (Å²) in [4.78, 5) is 32.1. The van der Waals surface area contributed by atoms with Gasteiger partial charge in [-0.15, -0.1) is 0 Å². The second-order valence-corrected chi connectivity index (χ2v) is 9.44. The van der Waals surface area contributed by atoms with Crippen LogP contribution in [-0.4, -0.2) is 45.1 Å². The summed E-state index contributed by atoms with van der Waals surface area (Å²) in [6, 6.07) is 9.93. The summed E-state index contributed by atoms with van der Waals surface area (Å²) < 4.78 is 29.3. The Morgan fingerprint density at radius 3 is 2.41 bits per heavy atom. The highest BCUT2D eigenvalue weighted by molar-refractivity contribution is 7.07. The molecule has 1 unspecified atom stereocenters. The molecule has 0 aliphatic carbocycles. The molecule has 9 nitrogen and oxygen atoms in total. The molecule has 2 heterocycles. The van der Waals surface area contributed by atoms with E-state index < -0.39 is 12.0 Å². The van der Waals surface area contributed by atoms with Crippen molar-refractivity contribution in [3.63, 3.8) is 0 Å². The second-order valence-electron chi connectivity index (χ2n) is 8.43. The van der Waals surface area contributed by atoms with Crippen LogP contribution in [0.25, 0.3) is 6.08 Å². The lowest BCUT2D eigenvalue weighted by Gasteiger charge is -2.25. The van der Waals surface area contributed by atoms with E-state index in [0.29, 0.717) is 50.2 Å². The molecule has 0 fully saturated rings. The van der Waals surface area contributed by atoms with E-state index >= 15 is 0 Å². The predicted molar refractivity (Wildman–Crippen MR) is 149 cm³/mol. The Balaban J connectivity index is 1.90. The van der Waals surface area contributed by atoms with Gasteiger partial charge in [-0.2, -0.15) is 0 Å². The van der Waals surface area contributed by atoms with Gasteiger partial charge in [-0.25, -0.2) is 9.79 Å². The third-order valence-electron chi connectivity index (χ3n) is 6.08. The van der Waals surface area contributed by atoms with Crippen molar-refractivity contribution in [1.29, 1.82) is 0 Å². The van der Waals surface area contributed by atoms with Gasteiger partial charge in [0.15, 0.2) is 27.8 Å². The molecule has 2 aromatic carbocycles. The number of benzene rings is 2. The zero-order valence-electron chi connectivity index (χ0n) is 22.5. The van der Waals surface area contributed by atoms with Crippen LogP contribution in [0.2, 0.25) is 0 Å². The number of nitrogens with zero attached hydrogens (tertiary/aromatic N) is 2. The first-order valence-electron chi connectivity index (χ1n) is 12.2. The molecular weight excluding hydrogens is 520 g/mol. The fraction of sp³-hybridized carbons (Fsp3) is 0.276. The lowest BCUT2D eigenvalue weighted by atomic mass is 9.95. The Morgan fingerprint density at radius 1 is 1.05 bits per heavy atom. The van der Waals surface area contributed by atoms with Gasteiger partial charge in [-0.1, -0.05) is 36.1 Å². The maximum absolute atomic E-state index is 13.9. The van der Waals surface area contributed by atoms with E-state index in [2.05, 4.69) is 11.6 Å². The Hall–Kier alpha value is -4.31. The Morgan fingerprint density at radius 2 is 1.74 bits per heavy atom. The molecule has 10 heteroatoms. The molecule has 1 aliphatic heterocycles. The molecule has 0 amide bonds. The number of carbonyl (C=O) groups excluding carboxylic acids is 1. The molecule has 204 valence electrons. The highest BCUT2D eigenvalue weighted by atomic mass is 32.1. The number of carbonyl (C=O) groups is 1. The van der Waals surface area contributed by atoms with Crippen molar-refractivity contribution >= 4 is 23.4 Å². The van der Waals surface area contributed by atoms with Gasteiger partial charge in [0.2, 0.25) is 0 Å². The van der Waals surface area contributed by atoms with E-state index in [1.165, 1.54) is 23.0 Å². The normalized spacial score (nSPS) is 14.8. The predicted octanol–water partition coefficient (Wildman–Crippen LogP) is 3.39. The minimum Gasteiger partial charge on any atom is -0.493 e. The molecule has 1 atom stereocenters. The number of hydrogen-bond acceptors (Lipinski definition) is 9. The molecule has 0 N–H and O–H groups in total. The van der Waals surface area contributed by atoms with E-state index in [9.17, 15) is 9.59 Å². The average molecular weight is 551 g/mol. The number of hydrogen-bond donors (Lipinski definition) is 0. The standard InChI is InChI=1S/C29H30N2O7S/c1-7-13-38-21-11-9-18(14-22(21)35-5)15-24-27(32)31-26(19-10-12-20(34-4)23(16-19)36-6)25(28(33)37-8-2)17(3)30-29(31)39-24/h7,9-12,14-16,26H,1,8,13H2,2-6H3. The molecule has 3 aromatic rings. The topological polar surface area (TPSA) is 97.6 Å². The molecule has 0 bridgehead atoms. The highest BCUT2D eigenvalue weighted by Crippen LogP contribution is 2.36. The van der Waals surface area contributed by atoms with Crippen molar-refractivity contribution < 1.29 is 28.5 Å². The lowest BCUT2D eigenvalue weighted by molar-refractivity contribution is -0.139. The van der Waals surface area contributed by atoms with E-state index in [4.69, 9.17) is 23.7 Å². The van der Waals surface area contributed by atoms with E-state index in [-0.39, 0.29) is 17.7 Å². The largest absolute Gasteiger partial charge is 0.493 e. The fourth-order valence-corrected chi connectivity index (χ4v) is 5.37. The number of allylic oxidation sites excluding steroid dienone is 1. The molecule has 0 saturated carbocycles. The van der Waals surface area contributed by atoms with Gasteiger partial charge in [0, 0.05) is 0 Å². The molecule has 4 rings (SSSR count).